The molecule has 0 radical (unpaired) electrons. The van der Waals surface area contributed by atoms with Gasteiger partial charge in [-0.15, -0.1) is 0 Å². The van der Waals surface area contributed by atoms with E-state index in [2.05, 4.69) is 5.32 Å². The monoisotopic (exact) mass is 171 g/mol. The topological polar surface area (TPSA) is 49.3 Å². The molecule has 0 spiro atoms. The predicted molar refractivity (Wildman–Crippen MR) is 47.1 cm³/mol. The summed E-state index contributed by atoms with van der Waals surface area (Å²) in [5.41, 5.74) is 0. The van der Waals surface area contributed by atoms with E-state index in [1.54, 1.807) is 0 Å². The standard InChI is InChI=1S/C9H17NO2/c1-10-8-6-4-2-3-5-7(8)9(11)12/h7-8,10H,2-6H2,1H3,(H,11,12). The molecule has 2 N–H and O–H groups in total. The highest BCUT2D eigenvalue weighted by Gasteiger charge is 2.27. The number of carboxylic acid groups (broad SMARTS) is 1. The van der Waals surface area contributed by atoms with Crippen LogP contribution in [0.15, 0.2) is 0 Å². The van der Waals surface area contributed by atoms with E-state index in [1.807, 2.05) is 7.05 Å². The van der Waals surface area contributed by atoms with Crippen LogP contribution >= 0.6 is 0 Å². The van der Waals surface area contributed by atoms with Gasteiger partial charge in [-0.05, 0) is 19.9 Å². The minimum absolute atomic E-state index is 0.169. The summed E-state index contributed by atoms with van der Waals surface area (Å²) in [6, 6.07) is 0.185. The summed E-state index contributed by atoms with van der Waals surface area (Å²) in [5, 5.41) is 12.0. The van der Waals surface area contributed by atoms with Crippen molar-refractivity contribution in [2.75, 3.05) is 7.05 Å². The fourth-order valence-electron chi connectivity index (χ4n) is 1.95. The molecule has 1 saturated carbocycles. The first kappa shape index (κ1) is 9.52. The third kappa shape index (κ3) is 2.21. The van der Waals surface area contributed by atoms with Crippen LogP contribution in [0.1, 0.15) is 32.1 Å². The quantitative estimate of drug-likeness (QED) is 0.614. The molecular weight excluding hydrogens is 154 g/mol. The van der Waals surface area contributed by atoms with Crippen LogP contribution in [0.5, 0.6) is 0 Å². The molecule has 3 heteroatoms. The number of carboxylic acids is 1. The van der Waals surface area contributed by atoms with Gasteiger partial charge in [-0.25, -0.2) is 0 Å². The summed E-state index contributed by atoms with van der Waals surface area (Å²) < 4.78 is 0. The molecule has 70 valence electrons. The van der Waals surface area contributed by atoms with E-state index in [0.717, 1.165) is 25.7 Å². The molecule has 0 amide bonds. The number of carbonyl (C=O) groups is 1. The Bertz CT molecular complexity index is 159. The average molecular weight is 171 g/mol. The van der Waals surface area contributed by atoms with Crippen molar-refractivity contribution in [2.24, 2.45) is 5.92 Å². The summed E-state index contributed by atoms with van der Waals surface area (Å²) >= 11 is 0. The molecule has 2 atom stereocenters. The molecule has 1 aliphatic rings. The van der Waals surface area contributed by atoms with Crippen molar-refractivity contribution >= 4 is 5.97 Å². The molecule has 12 heavy (non-hydrogen) atoms. The molecule has 2 unspecified atom stereocenters. The number of hydrogen-bond donors (Lipinski definition) is 2. The highest BCUT2D eigenvalue weighted by molar-refractivity contribution is 5.70. The van der Waals surface area contributed by atoms with Crippen LogP contribution in [0.4, 0.5) is 0 Å². The molecule has 0 heterocycles. The van der Waals surface area contributed by atoms with Gasteiger partial charge in [-0.1, -0.05) is 19.3 Å². The first-order chi connectivity index (χ1) is 5.75. The Hall–Kier alpha value is -0.570. The van der Waals surface area contributed by atoms with Gasteiger partial charge in [-0.3, -0.25) is 4.79 Å². The fourth-order valence-corrected chi connectivity index (χ4v) is 1.95. The van der Waals surface area contributed by atoms with Gasteiger partial charge in [0.2, 0.25) is 0 Å². The number of rotatable bonds is 2. The van der Waals surface area contributed by atoms with Gasteiger partial charge in [0.1, 0.15) is 0 Å². The maximum absolute atomic E-state index is 10.8. The van der Waals surface area contributed by atoms with E-state index in [9.17, 15) is 4.79 Å². The van der Waals surface area contributed by atoms with Crippen LogP contribution < -0.4 is 5.32 Å². The highest BCUT2D eigenvalue weighted by Crippen LogP contribution is 2.23. The van der Waals surface area contributed by atoms with Gasteiger partial charge in [0.05, 0.1) is 5.92 Å². The molecule has 0 aliphatic heterocycles. The maximum Gasteiger partial charge on any atom is 0.308 e. The Labute approximate surface area is 73.2 Å². The Kier molecular flexibility index (Phi) is 3.53. The van der Waals surface area contributed by atoms with E-state index < -0.39 is 5.97 Å². The molecule has 0 saturated heterocycles. The van der Waals surface area contributed by atoms with Crippen molar-refractivity contribution in [3.63, 3.8) is 0 Å². The van der Waals surface area contributed by atoms with Crippen molar-refractivity contribution in [1.82, 2.24) is 5.32 Å². The number of aliphatic carboxylic acids is 1. The molecule has 1 fully saturated rings. The predicted octanol–water partition coefficient (Wildman–Crippen LogP) is 1.24. The molecule has 3 nitrogen and oxygen atoms in total. The highest BCUT2D eigenvalue weighted by atomic mass is 16.4. The van der Waals surface area contributed by atoms with E-state index in [-0.39, 0.29) is 12.0 Å². The third-order valence-corrected chi connectivity index (χ3v) is 2.70. The largest absolute Gasteiger partial charge is 0.481 e. The maximum atomic E-state index is 10.8. The lowest BCUT2D eigenvalue weighted by Crippen LogP contribution is -2.37. The van der Waals surface area contributed by atoms with Gasteiger partial charge in [0.25, 0.3) is 0 Å². The lowest BCUT2D eigenvalue weighted by molar-refractivity contribution is -0.142. The molecule has 0 aromatic rings. The molecule has 0 bridgehead atoms. The van der Waals surface area contributed by atoms with E-state index >= 15 is 0 Å². The van der Waals surface area contributed by atoms with Crippen LogP contribution in [0, 0.1) is 5.92 Å². The van der Waals surface area contributed by atoms with E-state index in [0.29, 0.717) is 0 Å². The first-order valence-electron chi connectivity index (χ1n) is 4.65. The molecule has 0 aromatic carbocycles. The second-order valence-electron chi connectivity index (χ2n) is 3.48. The van der Waals surface area contributed by atoms with Gasteiger partial charge in [-0.2, -0.15) is 0 Å². The summed E-state index contributed by atoms with van der Waals surface area (Å²) in [4.78, 5) is 10.8. The molecule has 1 aliphatic carbocycles. The molecular formula is C9H17NO2. The summed E-state index contributed by atoms with van der Waals surface area (Å²) in [6.45, 7) is 0. The SMILES string of the molecule is CNC1CCCCCC1C(=O)O. The van der Waals surface area contributed by atoms with Crippen molar-refractivity contribution in [2.45, 2.75) is 38.1 Å². The second kappa shape index (κ2) is 4.45. The van der Waals surface area contributed by atoms with E-state index in [1.165, 1.54) is 6.42 Å². The molecule has 0 aromatic heterocycles. The van der Waals surface area contributed by atoms with Crippen LogP contribution in [0.2, 0.25) is 0 Å². The van der Waals surface area contributed by atoms with Crippen LogP contribution in [-0.4, -0.2) is 24.2 Å². The summed E-state index contributed by atoms with van der Waals surface area (Å²) in [7, 11) is 1.85. The van der Waals surface area contributed by atoms with Crippen molar-refractivity contribution < 1.29 is 9.90 Å². The van der Waals surface area contributed by atoms with Crippen LogP contribution in [0.3, 0.4) is 0 Å². The summed E-state index contributed by atoms with van der Waals surface area (Å²) in [6.07, 6.45) is 5.25. The van der Waals surface area contributed by atoms with E-state index in [4.69, 9.17) is 5.11 Å². The minimum Gasteiger partial charge on any atom is -0.481 e. The molecule has 1 rings (SSSR count). The van der Waals surface area contributed by atoms with Crippen molar-refractivity contribution in [3.05, 3.63) is 0 Å². The Morgan fingerprint density at radius 1 is 1.33 bits per heavy atom. The minimum atomic E-state index is -0.642. The van der Waals surface area contributed by atoms with Crippen LogP contribution in [0.25, 0.3) is 0 Å². The smallest absolute Gasteiger partial charge is 0.308 e. The average Bonchev–Trinajstić information content (AvgIpc) is 2.27. The second-order valence-corrected chi connectivity index (χ2v) is 3.48. The fraction of sp³-hybridized carbons (Fsp3) is 0.889. The number of nitrogens with one attached hydrogen (secondary N) is 1. The Morgan fingerprint density at radius 3 is 2.58 bits per heavy atom. The van der Waals surface area contributed by atoms with Gasteiger partial charge >= 0.3 is 5.97 Å². The van der Waals surface area contributed by atoms with Crippen molar-refractivity contribution in [3.8, 4) is 0 Å². The lowest BCUT2D eigenvalue weighted by Gasteiger charge is -2.20. The normalized spacial score (nSPS) is 31.1. The Morgan fingerprint density at radius 2 is 2.00 bits per heavy atom. The lowest BCUT2D eigenvalue weighted by atomic mass is 9.95. The van der Waals surface area contributed by atoms with Crippen LogP contribution in [-0.2, 0) is 4.79 Å². The zero-order chi connectivity index (χ0) is 8.97. The Balaban J connectivity index is 2.57. The van der Waals surface area contributed by atoms with Gasteiger partial charge in [0.15, 0.2) is 0 Å². The zero-order valence-electron chi connectivity index (χ0n) is 7.55. The zero-order valence-corrected chi connectivity index (χ0v) is 7.55. The number of hydrogen-bond acceptors (Lipinski definition) is 2. The van der Waals surface area contributed by atoms with Gasteiger partial charge in [0, 0.05) is 6.04 Å². The summed E-state index contributed by atoms with van der Waals surface area (Å²) in [5.74, 6) is -0.811. The van der Waals surface area contributed by atoms with Gasteiger partial charge < -0.3 is 10.4 Å². The van der Waals surface area contributed by atoms with Crippen molar-refractivity contribution in [1.29, 1.82) is 0 Å². The third-order valence-electron chi connectivity index (χ3n) is 2.70. The first-order valence-corrected chi connectivity index (χ1v) is 4.65.